The van der Waals surface area contributed by atoms with E-state index in [1.165, 1.54) is 43.3 Å². The van der Waals surface area contributed by atoms with E-state index in [2.05, 4.69) is 5.10 Å². The second-order valence-corrected chi connectivity index (χ2v) is 8.31. The Morgan fingerprint density at radius 2 is 1.86 bits per heavy atom. The Hall–Kier alpha value is -3.64. The molecule has 0 saturated carbocycles. The molecule has 0 radical (unpaired) electrons. The van der Waals surface area contributed by atoms with Crippen molar-refractivity contribution in [2.75, 3.05) is 25.4 Å². The average molecular weight is 528 g/mol. The molecule has 0 fully saturated rings. The number of nitrogens with zero attached hydrogens (tertiary/aromatic N) is 3. The van der Waals surface area contributed by atoms with E-state index in [0.717, 1.165) is 27.9 Å². The normalized spacial score (nSPS) is 13.2. The van der Waals surface area contributed by atoms with E-state index >= 15 is 0 Å². The minimum absolute atomic E-state index is 0.0406. The van der Waals surface area contributed by atoms with Gasteiger partial charge in [0.25, 0.3) is 11.8 Å². The highest BCUT2D eigenvalue weighted by Crippen LogP contribution is 2.31. The van der Waals surface area contributed by atoms with Gasteiger partial charge in [0.05, 0.1) is 25.0 Å². The van der Waals surface area contributed by atoms with Crippen LogP contribution in [-0.2, 0) is 0 Å². The molecular weight excluding hydrogens is 506 g/mol. The number of nitrogens with one attached hydrogen (secondary N) is 1. The van der Waals surface area contributed by atoms with Gasteiger partial charge in [-0.15, -0.1) is 0 Å². The Morgan fingerprint density at radius 3 is 2.44 bits per heavy atom. The summed E-state index contributed by atoms with van der Waals surface area (Å²) in [7, 11) is 0. The summed E-state index contributed by atoms with van der Waals surface area (Å²) in [6, 6.07) is 10.6. The first-order valence-corrected chi connectivity index (χ1v) is 11.0. The van der Waals surface area contributed by atoms with Gasteiger partial charge in [0.2, 0.25) is 0 Å². The first kappa shape index (κ1) is 27.0. The van der Waals surface area contributed by atoms with Gasteiger partial charge in [-0.2, -0.15) is 18.3 Å². The lowest BCUT2D eigenvalue weighted by Crippen LogP contribution is -2.60. The SMILES string of the molecule is CCN(CC(O)(CNC(=O)c1cnn(-c2ccc(F)cc2)c1N)C(F)(F)F)C(=O)c1cccc(Cl)c1. The molecule has 3 rings (SSSR count). The summed E-state index contributed by atoms with van der Waals surface area (Å²) < 4.78 is 55.9. The third-order valence-electron chi connectivity index (χ3n) is 5.38. The van der Waals surface area contributed by atoms with Gasteiger partial charge < -0.3 is 21.1 Å². The molecule has 0 aliphatic carbocycles. The molecule has 0 spiro atoms. The van der Waals surface area contributed by atoms with Gasteiger partial charge in [0.1, 0.15) is 17.2 Å². The third kappa shape index (κ3) is 5.77. The van der Waals surface area contributed by atoms with Gasteiger partial charge in [-0.25, -0.2) is 9.07 Å². The first-order valence-electron chi connectivity index (χ1n) is 10.6. The van der Waals surface area contributed by atoms with E-state index in [4.69, 9.17) is 17.3 Å². The molecule has 2 amide bonds. The molecule has 0 aliphatic heterocycles. The van der Waals surface area contributed by atoms with Crippen LogP contribution in [0.25, 0.3) is 5.69 Å². The fraction of sp³-hybridized carbons (Fsp3) is 0.261. The highest BCUT2D eigenvalue weighted by molar-refractivity contribution is 6.30. The number of nitrogens with two attached hydrogens (primary N) is 1. The van der Waals surface area contributed by atoms with E-state index in [1.54, 1.807) is 0 Å². The van der Waals surface area contributed by atoms with E-state index in [0.29, 0.717) is 5.69 Å². The first-order chi connectivity index (χ1) is 16.9. The molecule has 0 saturated heterocycles. The van der Waals surface area contributed by atoms with Crippen molar-refractivity contribution in [3.63, 3.8) is 0 Å². The molecule has 0 aliphatic rings. The molecule has 2 aromatic carbocycles. The van der Waals surface area contributed by atoms with Gasteiger partial charge in [0, 0.05) is 17.1 Å². The zero-order chi connectivity index (χ0) is 26.7. The monoisotopic (exact) mass is 527 g/mol. The minimum Gasteiger partial charge on any atom is -0.383 e. The number of likely N-dealkylation sites (N-methyl/N-ethyl adjacent to an activating group) is 1. The molecule has 1 heterocycles. The number of rotatable bonds is 8. The number of benzene rings is 2. The van der Waals surface area contributed by atoms with Crippen molar-refractivity contribution in [2.24, 2.45) is 0 Å². The average Bonchev–Trinajstić information content (AvgIpc) is 3.21. The number of anilines is 1. The Kier molecular flexibility index (Phi) is 7.89. The van der Waals surface area contributed by atoms with Gasteiger partial charge in [-0.3, -0.25) is 9.59 Å². The molecule has 192 valence electrons. The maximum atomic E-state index is 13.9. The number of aromatic nitrogens is 2. The van der Waals surface area contributed by atoms with Crippen LogP contribution in [0.1, 0.15) is 27.6 Å². The second kappa shape index (κ2) is 10.5. The number of nitrogen functional groups attached to an aromatic ring is 1. The lowest BCUT2D eigenvalue weighted by Gasteiger charge is -2.35. The Bertz CT molecular complexity index is 1250. The molecule has 8 nitrogen and oxygen atoms in total. The molecule has 4 N–H and O–H groups in total. The molecule has 3 aromatic rings. The van der Waals surface area contributed by atoms with E-state index in [9.17, 15) is 32.3 Å². The minimum atomic E-state index is -5.20. The second-order valence-electron chi connectivity index (χ2n) is 7.87. The van der Waals surface area contributed by atoms with Crippen molar-refractivity contribution in [3.05, 3.63) is 76.7 Å². The van der Waals surface area contributed by atoms with E-state index in [1.807, 2.05) is 5.32 Å². The fourth-order valence-corrected chi connectivity index (χ4v) is 3.53. The smallest absolute Gasteiger partial charge is 0.383 e. The van der Waals surface area contributed by atoms with Crippen LogP contribution < -0.4 is 11.1 Å². The van der Waals surface area contributed by atoms with Crippen LogP contribution in [0.5, 0.6) is 0 Å². The number of alkyl halides is 3. The predicted molar refractivity (Wildman–Crippen MR) is 124 cm³/mol. The summed E-state index contributed by atoms with van der Waals surface area (Å²) in [5.74, 6) is -2.53. The van der Waals surface area contributed by atoms with Crippen molar-refractivity contribution in [1.82, 2.24) is 20.0 Å². The van der Waals surface area contributed by atoms with Gasteiger partial charge >= 0.3 is 6.18 Å². The Labute approximate surface area is 208 Å². The summed E-state index contributed by atoms with van der Waals surface area (Å²) in [5, 5.41) is 16.7. The van der Waals surface area contributed by atoms with Crippen LogP contribution in [0.4, 0.5) is 23.4 Å². The van der Waals surface area contributed by atoms with Gasteiger partial charge in [-0.05, 0) is 49.4 Å². The Balaban J connectivity index is 1.78. The van der Waals surface area contributed by atoms with Crippen molar-refractivity contribution in [1.29, 1.82) is 0 Å². The van der Waals surface area contributed by atoms with Crippen molar-refractivity contribution in [3.8, 4) is 5.69 Å². The zero-order valence-electron chi connectivity index (χ0n) is 18.9. The van der Waals surface area contributed by atoms with Crippen molar-refractivity contribution in [2.45, 2.75) is 18.7 Å². The summed E-state index contributed by atoms with van der Waals surface area (Å²) in [6.07, 6.45) is -4.17. The zero-order valence-corrected chi connectivity index (χ0v) is 19.6. The Morgan fingerprint density at radius 1 is 1.19 bits per heavy atom. The van der Waals surface area contributed by atoms with E-state index < -0.39 is 42.5 Å². The number of aliphatic hydroxyl groups is 1. The van der Waals surface area contributed by atoms with Gasteiger partial charge in [-0.1, -0.05) is 17.7 Å². The molecule has 13 heteroatoms. The van der Waals surface area contributed by atoms with Crippen molar-refractivity contribution >= 4 is 29.2 Å². The van der Waals surface area contributed by atoms with Crippen molar-refractivity contribution < 1.29 is 32.3 Å². The summed E-state index contributed by atoms with van der Waals surface area (Å²) in [4.78, 5) is 26.2. The quantitative estimate of drug-likeness (QED) is 0.388. The van der Waals surface area contributed by atoms with Gasteiger partial charge in [0.15, 0.2) is 5.60 Å². The number of amides is 2. The largest absolute Gasteiger partial charge is 0.420 e. The number of hydrogen-bond donors (Lipinski definition) is 3. The van der Waals surface area contributed by atoms with E-state index in [-0.39, 0.29) is 28.5 Å². The maximum absolute atomic E-state index is 13.9. The van der Waals surface area contributed by atoms with Crippen LogP contribution in [0, 0.1) is 5.82 Å². The number of halogens is 5. The lowest BCUT2D eigenvalue weighted by atomic mass is 10.0. The molecule has 1 atom stereocenters. The molecule has 36 heavy (non-hydrogen) atoms. The highest BCUT2D eigenvalue weighted by atomic mass is 35.5. The lowest BCUT2D eigenvalue weighted by molar-refractivity contribution is -0.259. The predicted octanol–water partition coefficient (Wildman–Crippen LogP) is 3.43. The standard InChI is InChI=1S/C23H22ClF4N5O3/c1-2-32(21(35)14-4-3-5-15(24)10-14)13-22(36,23(26,27)28)12-30-20(34)18-11-31-33(19(18)29)17-8-6-16(25)7-9-17/h3-11,36H,2,12-13,29H2,1H3,(H,30,34). The third-order valence-corrected chi connectivity index (χ3v) is 5.62. The number of carbonyl (C=O) groups excluding carboxylic acids is 2. The molecular formula is C23H22ClF4N5O3. The maximum Gasteiger partial charge on any atom is 0.420 e. The fourth-order valence-electron chi connectivity index (χ4n) is 3.34. The molecule has 1 unspecified atom stereocenters. The summed E-state index contributed by atoms with van der Waals surface area (Å²) in [5.41, 5.74) is 2.54. The van der Waals surface area contributed by atoms with Crippen LogP contribution >= 0.6 is 11.6 Å². The van der Waals surface area contributed by atoms with Crippen LogP contribution in [-0.4, -0.2) is 63.0 Å². The molecule has 0 bridgehead atoms. The number of carbonyl (C=O) groups is 2. The van der Waals surface area contributed by atoms with Crippen LogP contribution in [0.15, 0.2) is 54.7 Å². The summed E-state index contributed by atoms with van der Waals surface area (Å²) in [6.45, 7) is -1.13. The van der Waals surface area contributed by atoms with Crippen LogP contribution in [0.3, 0.4) is 0 Å². The highest BCUT2D eigenvalue weighted by Gasteiger charge is 2.55. The number of hydrogen-bond acceptors (Lipinski definition) is 5. The topological polar surface area (TPSA) is 113 Å². The molecule has 1 aromatic heterocycles. The summed E-state index contributed by atoms with van der Waals surface area (Å²) >= 11 is 5.86. The van der Waals surface area contributed by atoms with Crippen LogP contribution in [0.2, 0.25) is 5.02 Å².